The quantitative estimate of drug-likeness (QED) is 0.329. The number of carbonyl (C=O) groups is 1. The van der Waals surface area contributed by atoms with E-state index < -0.39 is 27.9 Å². The summed E-state index contributed by atoms with van der Waals surface area (Å²) in [5, 5.41) is -4.50. The fourth-order valence-electron chi connectivity index (χ4n) is 0.347. The van der Waals surface area contributed by atoms with Crippen molar-refractivity contribution >= 4 is 45.6 Å². The van der Waals surface area contributed by atoms with Gasteiger partial charge in [0.1, 0.15) is 0 Å². The van der Waals surface area contributed by atoms with Crippen molar-refractivity contribution in [1.29, 1.82) is 0 Å². The van der Waals surface area contributed by atoms with Gasteiger partial charge in [-0.1, -0.05) is 6.58 Å². The molecule has 0 fully saturated rings. The Bertz CT molecular complexity index is 351. The van der Waals surface area contributed by atoms with Crippen LogP contribution in [0.3, 0.4) is 0 Å². The van der Waals surface area contributed by atoms with E-state index >= 15 is 0 Å². The molecule has 0 heterocycles. The van der Waals surface area contributed by atoms with Gasteiger partial charge in [0.05, 0.1) is 0 Å². The second-order valence-electron chi connectivity index (χ2n) is 2.47. The molecule has 0 spiro atoms. The second-order valence-corrected chi connectivity index (χ2v) is 4.02. The molecule has 0 saturated carbocycles. The van der Waals surface area contributed by atoms with E-state index in [4.69, 9.17) is 4.55 Å². The Hall–Kier alpha value is -0.0200. The molecule has 0 aromatic heterocycles. The minimum absolute atomic E-state index is 0. The van der Waals surface area contributed by atoms with E-state index in [0.717, 1.165) is 0 Å². The van der Waals surface area contributed by atoms with Crippen LogP contribution in [0.15, 0.2) is 12.2 Å². The van der Waals surface area contributed by atoms with Gasteiger partial charge < -0.3 is 4.74 Å². The standard InChI is InChI=1S/C6H8F2O5S.Na.H/c1-4(2)5(9)13-3-6(7,8)14(10,11)12;;/h1,3H2,2H3,(H,10,11,12);;. The Morgan fingerprint density at radius 1 is 1.53 bits per heavy atom. The number of halogens is 2. The predicted octanol–water partition coefficient (Wildman–Crippen LogP) is -0.0622. The van der Waals surface area contributed by atoms with Gasteiger partial charge in [0.25, 0.3) is 0 Å². The number of ether oxygens (including phenoxy) is 1. The van der Waals surface area contributed by atoms with Gasteiger partial charge in [-0.15, -0.1) is 0 Å². The Kier molecular flexibility index (Phi) is 6.84. The van der Waals surface area contributed by atoms with Gasteiger partial charge in [0, 0.05) is 5.57 Å². The first-order chi connectivity index (χ1) is 6.08. The van der Waals surface area contributed by atoms with Gasteiger partial charge in [0.15, 0.2) is 6.61 Å². The summed E-state index contributed by atoms with van der Waals surface area (Å²) < 4.78 is 56.7. The monoisotopic (exact) mass is 254 g/mol. The van der Waals surface area contributed by atoms with Crippen LogP contribution in [0.2, 0.25) is 0 Å². The molecule has 0 rings (SSSR count). The zero-order valence-electron chi connectivity index (χ0n) is 7.16. The molecule has 0 aliphatic carbocycles. The van der Waals surface area contributed by atoms with Crippen LogP contribution in [0, 0.1) is 0 Å². The summed E-state index contributed by atoms with van der Waals surface area (Å²) in [6.07, 6.45) is 0. The first kappa shape index (κ1) is 17.4. The average molecular weight is 254 g/mol. The molecule has 1 N–H and O–H groups in total. The minimum atomic E-state index is -5.56. The molecular weight excluding hydrogens is 245 g/mol. The molecule has 0 bridgehead atoms. The van der Waals surface area contributed by atoms with Crippen molar-refractivity contribution in [3.8, 4) is 0 Å². The van der Waals surface area contributed by atoms with Crippen molar-refractivity contribution in [3.63, 3.8) is 0 Å². The number of hydrogen-bond acceptors (Lipinski definition) is 4. The Labute approximate surface area is 108 Å². The molecule has 9 heteroatoms. The third-order valence-corrected chi connectivity index (χ3v) is 1.97. The van der Waals surface area contributed by atoms with Gasteiger partial charge in [-0.3, -0.25) is 4.55 Å². The summed E-state index contributed by atoms with van der Waals surface area (Å²) in [6, 6.07) is 0. The van der Waals surface area contributed by atoms with E-state index in [2.05, 4.69) is 11.3 Å². The van der Waals surface area contributed by atoms with Crippen LogP contribution in [0.5, 0.6) is 0 Å². The van der Waals surface area contributed by atoms with Crippen LogP contribution < -0.4 is 0 Å². The van der Waals surface area contributed by atoms with Gasteiger partial charge in [-0.2, -0.15) is 17.2 Å². The maximum atomic E-state index is 12.4. The van der Waals surface area contributed by atoms with E-state index in [-0.39, 0.29) is 35.1 Å². The molecule has 5 nitrogen and oxygen atoms in total. The van der Waals surface area contributed by atoms with Crippen molar-refractivity contribution in [3.05, 3.63) is 12.2 Å². The number of esters is 1. The van der Waals surface area contributed by atoms with Crippen LogP contribution >= 0.6 is 0 Å². The Morgan fingerprint density at radius 3 is 2.20 bits per heavy atom. The van der Waals surface area contributed by atoms with Crippen molar-refractivity contribution in [2.45, 2.75) is 12.2 Å². The van der Waals surface area contributed by atoms with Crippen LogP contribution in [0.25, 0.3) is 0 Å². The summed E-state index contributed by atoms with van der Waals surface area (Å²) in [7, 11) is -5.56. The third-order valence-electron chi connectivity index (χ3n) is 1.10. The van der Waals surface area contributed by atoms with Gasteiger partial charge in [-0.25, -0.2) is 4.79 Å². The first-order valence-corrected chi connectivity index (χ1v) is 4.69. The average Bonchev–Trinajstić information content (AvgIpc) is 1.97. The summed E-state index contributed by atoms with van der Waals surface area (Å²) in [6.45, 7) is 2.55. The van der Waals surface area contributed by atoms with Gasteiger partial charge in [0.2, 0.25) is 0 Å². The topological polar surface area (TPSA) is 80.7 Å². The Balaban J connectivity index is 0. The summed E-state index contributed by atoms with van der Waals surface area (Å²) in [4.78, 5) is 10.6. The molecule has 0 radical (unpaired) electrons. The number of carbonyl (C=O) groups excluding carboxylic acids is 1. The molecule has 0 saturated heterocycles. The van der Waals surface area contributed by atoms with Crippen molar-refractivity contribution < 1.29 is 31.3 Å². The van der Waals surface area contributed by atoms with Crippen molar-refractivity contribution in [2.75, 3.05) is 6.61 Å². The Morgan fingerprint density at radius 2 is 1.93 bits per heavy atom. The van der Waals surface area contributed by atoms with E-state index in [9.17, 15) is 22.0 Å². The zero-order valence-corrected chi connectivity index (χ0v) is 7.98. The normalized spacial score (nSPS) is 11.5. The van der Waals surface area contributed by atoms with Gasteiger partial charge in [-0.05, 0) is 6.92 Å². The molecule has 0 unspecified atom stereocenters. The number of hydrogen-bond donors (Lipinski definition) is 1. The maximum absolute atomic E-state index is 12.4. The molecule has 0 atom stereocenters. The van der Waals surface area contributed by atoms with Crippen LogP contribution in [0.4, 0.5) is 8.78 Å². The zero-order chi connectivity index (χ0) is 11.6. The van der Waals surface area contributed by atoms with Crippen molar-refractivity contribution in [2.24, 2.45) is 0 Å². The molecule has 15 heavy (non-hydrogen) atoms. The molecule has 0 amide bonds. The van der Waals surface area contributed by atoms with E-state index in [1.165, 1.54) is 6.92 Å². The SMILES string of the molecule is C=C(C)C(=O)OCC(F)(F)S(=O)(=O)O.[NaH]. The van der Waals surface area contributed by atoms with E-state index in [0.29, 0.717) is 0 Å². The summed E-state index contributed by atoms with van der Waals surface area (Å²) in [5.74, 6) is -1.16. The van der Waals surface area contributed by atoms with Crippen LogP contribution in [-0.4, -0.2) is 60.4 Å². The second kappa shape index (κ2) is 5.90. The molecule has 0 aliphatic heterocycles. The molecular formula is C6H9F2NaO5S. The van der Waals surface area contributed by atoms with Crippen LogP contribution in [-0.2, 0) is 19.6 Å². The number of alkyl halides is 2. The molecule has 84 valence electrons. The molecule has 0 aromatic carbocycles. The third kappa shape index (κ3) is 5.57. The summed E-state index contributed by atoms with van der Waals surface area (Å²) in [5.41, 5.74) is -0.156. The molecule has 0 aromatic rings. The van der Waals surface area contributed by atoms with Gasteiger partial charge >= 0.3 is 50.9 Å². The van der Waals surface area contributed by atoms with E-state index in [1.807, 2.05) is 0 Å². The fraction of sp³-hybridized carbons (Fsp3) is 0.500. The van der Waals surface area contributed by atoms with Crippen LogP contribution in [0.1, 0.15) is 6.92 Å². The predicted molar refractivity (Wildman–Crippen MR) is 49.4 cm³/mol. The summed E-state index contributed by atoms with van der Waals surface area (Å²) >= 11 is 0. The van der Waals surface area contributed by atoms with Crippen molar-refractivity contribution in [1.82, 2.24) is 0 Å². The fourth-order valence-corrected chi connectivity index (χ4v) is 0.555. The number of rotatable bonds is 4. The molecule has 0 aliphatic rings. The first-order valence-electron chi connectivity index (χ1n) is 3.25. The van der Waals surface area contributed by atoms with E-state index in [1.54, 1.807) is 0 Å².